The fraction of sp³-hybridized carbons (Fsp3) is 0.333. The molecule has 27 heavy (non-hydrogen) atoms. The molecule has 0 atom stereocenters. The summed E-state index contributed by atoms with van der Waals surface area (Å²) in [7, 11) is 3.73. The van der Waals surface area contributed by atoms with Gasteiger partial charge in [0, 0.05) is 32.7 Å². The summed E-state index contributed by atoms with van der Waals surface area (Å²) < 4.78 is 5.73. The number of carbonyl (C=O) groups is 1. The number of benzene rings is 2. The minimum atomic E-state index is -0.0500. The topological polar surface area (TPSA) is 66.0 Å². The van der Waals surface area contributed by atoms with Crippen LogP contribution < -0.4 is 15.4 Å². The predicted molar refractivity (Wildman–Crippen MR) is 109 cm³/mol. The van der Waals surface area contributed by atoms with E-state index in [-0.39, 0.29) is 5.91 Å². The highest BCUT2D eigenvalue weighted by atomic mass is 16.5. The van der Waals surface area contributed by atoms with Gasteiger partial charge in [0.15, 0.2) is 5.96 Å². The van der Waals surface area contributed by atoms with Crippen LogP contribution in [0.4, 0.5) is 0 Å². The summed E-state index contributed by atoms with van der Waals surface area (Å²) in [6, 6.07) is 17.3. The fourth-order valence-electron chi connectivity index (χ4n) is 2.53. The first-order chi connectivity index (χ1) is 13.1. The molecule has 0 aliphatic heterocycles. The molecule has 0 unspecified atom stereocenters. The van der Waals surface area contributed by atoms with Gasteiger partial charge in [-0.25, -0.2) is 0 Å². The minimum absolute atomic E-state index is 0.0500. The maximum absolute atomic E-state index is 11.8. The van der Waals surface area contributed by atoms with E-state index < -0.39 is 0 Å². The highest BCUT2D eigenvalue weighted by Gasteiger charge is 2.07. The lowest BCUT2D eigenvalue weighted by Gasteiger charge is -2.22. The third-order valence-corrected chi connectivity index (χ3v) is 4.02. The van der Waals surface area contributed by atoms with Gasteiger partial charge in [-0.05, 0) is 36.8 Å². The van der Waals surface area contributed by atoms with Crippen LogP contribution in [0.5, 0.6) is 5.75 Å². The number of amides is 1. The van der Waals surface area contributed by atoms with Crippen molar-refractivity contribution in [2.45, 2.75) is 13.5 Å². The Labute approximate surface area is 161 Å². The number of nitrogens with one attached hydrogen (secondary N) is 2. The van der Waals surface area contributed by atoms with Crippen molar-refractivity contribution in [2.24, 2.45) is 4.99 Å². The number of ether oxygens (including phenoxy) is 1. The summed E-state index contributed by atoms with van der Waals surface area (Å²) in [6.07, 6.45) is 0. The summed E-state index contributed by atoms with van der Waals surface area (Å²) in [5, 5.41) is 6.12. The second-order valence-corrected chi connectivity index (χ2v) is 6.04. The summed E-state index contributed by atoms with van der Waals surface area (Å²) in [5.74, 6) is 1.60. The molecular weight excluding hydrogens is 340 g/mol. The first-order valence-corrected chi connectivity index (χ1v) is 9.10. The number of aliphatic imine (C=N–C) groups is 1. The molecule has 2 rings (SSSR count). The Morgan fingerprint density at radius 3 is 2.41 bits per heavy atom. The molecule has 0 aliphatic rings. The van der Waals surface area contributed by atoms with E-state index in [0.717, 1.165) is 17.3 Å². The van der Waals surface area contributed by atoms with Gasteiger partial charge in [0.05, 0.1) is 6.54 Å². The highest BCUT2D eigenvalue weighted by molar-refractivity contribution is 5.94. The molecule has 0 aliphatic carbocycles. The van der Waals surface area contributed by atoms with Crippen molar-refractivity contribution in [2.75, 3.05) is 33.8 Å². The number of hydrogen-bond acceptors (Lipinski definition) is 3. The van der Waals surface area contributed by atoms with Gasteiger partial charge in [-0.15, -0.1) is 0 Å². The normalized spacial score (nSPS) is 11.0. The second-order valence-electron chi connectivity index (χ2n) is 6.04. The second kappa shape index (κ2) is 10.9. The van der Waals surface area contributed by atoms with Crippen LogP contribution >= 0.6 is 0 Å². The van der Waals surface area contributed by atoms with Crippen LogP contribution in [0.25, 0.3) is 0 Å². The Hall–Kier alpha value is -3.02. The van der Waals surface area contributed by atoms with E-state index in [2.05, 4.69) is 15.6 Å². The molecule has 0 saturated carbocycles. The van der Waals surface area contributed by atoms with Crippen molar-refractivity contribution >= 4 is 11.9 Å². The third-order valence-electron chi connectivity index (χ3n) is 4.02. The van der Waals surface area contributed by atoms with E-state index in [4.69, 9.17) is 4.74 Å². The smallest absolute Gasteiger partial charge is 0.251 e. The largest absolute Gasteiger partial charge is 0.492 e. The Bertz CT molecular complexity index is 730. The van der Waals surface area contributed by atoms with Crippen LogP contribution in [0, 0.1) is 0 Å². The first kappa shape index (κ1) is 20.3. The molecule has 0 saturated heterocycles. The van der Waals surface area contributed by atoms with Crippen LogP contribution in [-0.2, 0) is 6.54 Å². The number of hydrogen-bond donors (Lipinski definition) is 2. The maximum atomic E-state index is 11.8. The van der Waals surface area contributed by atoms with Crippen LogP contribution in [-0.4, -0.2) is 50.6 Å². The zero-order chi connectivity index (χ0) is 19.5. The average Bonchev–Trinajstić information content (AvgIpc) is 2.70. The van der Waals surface area contributed by atoms with Crippen LogP contribution in [0.2, 0.25) is 0 Å². The summed E-state index contributed by atoms with van der Waals surface area (Å²) in [4.78, 5) is 18.1. The van der Waals surface area contributed by atoms with E-state index in [1.165, 1.54) is 0 Å². The van der Waals surface area contributed by atoms with Crippen molar-refractivity contribution in [3.8, 4) is 5.75 Å². The SMILES string of the molecule is CCNC(=O)c1ccc(CNC(=NC)N(C)CCOc2ccccc2)cc1. The molecule has 6 heteroatoms. The van der Waals surface area contributed by atoms with Crippen molar-refractivity contribution in [1.82, 2.24) is 15.5 Å². The van der Waals surface area contributed by atoms with Gasteiger partial charge >= 0.3 is 0 Å². The fourth-order valence-corrected chi connectivity index (χ4v) is 2.53. The first-order valence-electron chi connectivity index (χ1n) is 9.10. The lowest BCUT2D eigenvalue weighted by atomic mass is 10.1. The molecular formula is C21H28N4O2. The van der Waals surface area contributed by atoms with E-state index in [1.54, 1.807) is 7.05 Å². The average molecular weight is 368 g/mol. The number of carbonyl (C=O) groups excluding carboxylic acids is 1. The zero-order valence-electron chi connectivity index (χ0n) is 16.2. The van der Waals surface area contributed by atoms with E-state index in [1.807, 2.05) is 73.5 Å². The summed E-state index contributed by atoms with van der Waals surface area (Å²) in [5.41, 5.74) is 1.75. The van der Waals surface area contributed by atoms with Crippen molar-refractivity contribution in [3.05, 3.63) is 65.7 Å². The number of para-hydroxylation sites is 1. The number of guanidine groups is 1. The molecule has 1 amide bonds. The number of nitrogens with zero attached hydrogens (tertiary/aromatic N) is 2. The Morgan fingerprint density at radius 1 is 1.07 bits per heavy atom. The summed E-state index contributed by atoms with van der Waals surface area (Å²) in [6.45, 7) is 4.45. The lowest BCUT2D eigenvalue weighted by molar-refractivity contribution is 0.0956. The Morgan fingerprint density at radius 2 is 1.78 bits per heavy atom. The zero-order valence-corrected chi connectivity index (χ0v) is 16.2. The highest BCUT2D eigenvalue weighted by Crippen LogP contribution is 2.08. The van der Waals surface area contributed by atoms with Gasteiger partial charge in [-0.1, -0.05) is 30.3 Å². The molecule has 0 radical (unpaired) electrons. The predicted octanol–water partition coefficient (Wildman–Crippen LogP) is 2.52. The van der Waals surface area contributed by atoms with E-state index in [0.29, 0.717) is 31.8 Å². The molecule has 6 nitrogen and oxygen atoms in total. The molecule has 0 fully saturated rings. The molecule has 0 bridgehead atoms. The minimum Gasteiger partial charge on any atom is -0.492 e. The van der Waals surface area contributed by atoms with Gasteiger partial charge in [0.25, 0.3) is 5.91 Å². The molecule has 2 N–H and O–H groups in total. The Balaban J connectivity index is 1.79. The third kappa shape index (κ3) is 6.66. The molecule has 0 aromatic heterocycles. The lowest BCUT2D eigenvalue weighted by Crippen LogP contribution is -2.40. The maximum Gasteiger partial charge on any atom is 0.251 e. The molecule has 0 spiro atoms. The van der Waals surface area contributed by atoms with Gasteiger partial charge in [-0.2, -0.15) is 0 Å². The van der Waals surface area contributed by atoms with E-state index in [9.17, 15) is 4.79 Å². The molecule has 2 aromatic rings. The van der Waals surface area contributed by atoms with Crippen molar-refractivity contribution in [1.29, 1.82) is 0 Å². The van der Waals surface area contributed by atoms with Gasteiger partial charge in [0.2, 0.25) is 0 Å². The summed E-state index contributed by atoms with van der Waals surface area (Å²) >= 11 is 0. The van der Waals surface area contributed by atoms with Gasteiger partial charge in [0.1, 0.15) is 12.4 Å². The van der Waals surface area contributed by atoms with Crippen LogP contribution in [0.15, 0.2) is 59.6 Å². The Kier molecular flexibility index (Phi) is 8.16. The number of likely N-dealkylation sites (N-methyl/N-ethyl adjacent to an activating group) is 1. The van der Waals surface area contributed by atoms with Crippen LogP contribution in [0.3, 0.4) is 0 Å². The monoisotopic (exact) mass is 368 g/mol. The molecule has 0 heterocycles. The van der Waals surface area contributed by atoms with Gasteiger partial charge in [-0.3, -0.25) is 9.79 Å². The van der Waals surface area contributed by atoms with E-state index >= 15 is 0 Å². The quantitative estimate of drug-likeness (QED) is 0.555. The molecule has 2 aromatic carbocycles. The standard InChI is InChI=1S/C21H28N4O2/c1-4-23-20(26)18-12-10-17(11-13-18)16-24-21(22-2)25(3)14-15-27-19-8-6-5-7-9-19/h5-13H,4,14-16H2,1-3H3,(H,22,24)(H,23,26). The molecule has 144 valence electrons. The van der Waals surface area contributed by atoms with Crippen molar-refractivity contribution in [3.63, 3.8) is 0 Å². The van der Waals surface area contributed by atoms with Crippen molar-refractivity contribution < 1.29 is 9.53 Å². The van der Waals surface area contributed by atoms with Crippen LogP contribution in [0.1, 0.15) is 22.8 Å². The van der Waals surface area contributed by atoms with Gasteiger partial charge < -0.3 is 20.3 Å². The number of rotatable bonds is 8.